The predicted octanol–water partition coefficient (Wildman–Crippen LogP) is 0.180. The van der Waals surface area contributed by atoms with Crippen LogP contribution in [0.2, 0.25) is 0 Å². The van der Waals surface area contributed by atoms with Crippen molar-refractivity contribution in [1.29, 1.82) is 0 Å². The van der Waals surface area contributed by atoms with E-state index in [0.717, 1.165) is 0 Å². The fourth-order valence-corrected chi connectivity index (χ4v) is 0.241. The molecule has 0 spiro atoms. The highest BCUT2D eigenvalue weighted by molar-refractivity contribution is 5.85. The number of carbonyl (C=O) groups is 1. The Hall–Kier alpha value is -0.350. The second-order valence-corrected chi connectivity index (χ2v) is 1.42. The van der Waals surface area contributed by atoms with Crippen LogP contribution in [0, 0.1) is 0 Å². The SMILES string of the molecule is Cl.N[C@@H](CCF)C(=O)O. The van der Waals surface area contributed by atoms with E-state index in [1.165, 1.54) is 0 Å². The van der Waals surface area contributed by atoms with Crippen LogP contribution >= 0.6 is 12.4 Å². The van der Waals surface area contributed by atoms with Crippen molar-refractivity contribution in [3.05, 3.63) is 0 Å². The predicted molar refractivity (Wildman–Crippen MR) is 33.5 cm³/mol. The van der Waals surface area contributed by atoms with Gasteiger partial charge in [0.1, 0.15) is 6.04 Å². The molecule has 0 aliphatic heterocycles. The molecule has 0 fully saturated rings. The third kappa shape index (κ3) is 5.52. The van der Waals surface area contributed by atoms with E-state index in [0.29, 0.717) is 0 Å². The van der Waals surface area contributed by atoms with E-state index in [-0.39, 0.29) is 18.8 Å². The topological polar surface area (TPSA) is 63.3 Å². The van der Waals surface area contributed by atoms with Gasteiger partial charge in [-0.1, -0.05) is 0 Å². The molecule has 0 bridgehead atoms. The van der Waals surface area contributed by atoms with Crippen LogP contribution in [0.25, 0.3) is 0 Å². The van der Waals surface area contributed by atoms with Crippen LogP contribution in [0.4, 0.5) is 4.39 Å². The molecule has 0 saturated heterocycles. The molecule has 56 valence electrons. The minimum Gasteiger partial charge on any atom is -0.480 e. The summed E-state index contributed by atoms with van der Waals surface area (Å²) in [5, 5.41) is 8.02. The Bertz CT molecular complexity index is 90.6. The summed E-state index contributed by atoms with van der Waals surface area (Å²) in [6.45, 7) is -0.673. The highest BCUT2D eigenvalue weighted by atomic mass is 35.5. The van der Waals surface area contributed by atoms with E-state index in [9.17, 15) is 9.18 Å². The van der Waals surface area contributed by atoms with E-state index in [4.69, 9.17) is 10.8 Å². The minimum atomic E-state index is -1.15. The lowest BCUT2D eigenvalue weighted by Gasteiger charge is -1.99. The highest BCUT2D eigenvalue weighted by Gasteiger charge is 2.08. The molecule has 3 N–H and O–H groups in total. The van der Waals surface area contributed by atoms with Gasteiger partial charge in [-0.2, -0.15) is 0 Å². The van der Waals surface area contributed by atoms with Crippen LogP contribution in [0.1, 0.15) is 6.42 Å². The molecule has 0 amide bonds. The number of carboxylic acids is 1. The van der Waals surface area contributed by atoms with Crippen LogP contribution in [0.5, 0.6) is 0 Å². The van der Waals surface area contributed by atoms with E-state index >= 15 is 0 Å². The van der Waals surface area contributed by atoms with Gasteiger partial charge in [0.25, 0.3) is 0 Å². The van der Waals surface area contributed by atoms with Crippen molar-refractivity contribution >= 4 is 18.4 Å². The van der Waals surface area contributed by atoms with E-state index in [1.54, 1.807) is 0 Å². The first-order valence-electron chi connectivity index (χ1n) is 2.23. The second-order valence-electron chi connectivity index (χ2n) is 1.42. The Balaban J connectivity index is 0. The Kier molecular flexibility index (Phi) is 7.35. The van der Waals surface area contributed by atoms with Crippen molar-refractivity contribution in [2.24, 2.45) is 5.73 Å². The zero-order valence-electron chi connectivity index (χ0n) is 4.71. The molecule has 9 heavy (non-hydrogen) atoms. The molecule has 5 heteroatoms. The number of alkyl halides is 1. The van der Waals surface area contributed by atoms with Gasteiger partial charge in [-0.3, -0.25) is 9.18 Å². The van der Waals surface area contributed by atoms with Crippen LogP contribution in [-0.2, 0) is 4.79 Å². The Labute approximate surface area is 58.4 Å². The molecular weight excluding hydrogens is 148 g/mol. The maximum Gasteiger partial charge on any atom is 0.320 e. The Morgan fingerprint density at radius 3 is 2.33 bits per heavy atom. The fourth-order valence-electron chi connectivity index (χ4n) is 0.241. The number of hydrogen-bond acceptors (Lipinski definition) is 2. The van der Waals surface area contributed by atoms with E-state index in [2.05, 4.69) is 0 Å². The molecule has 0 aromatic heterocycles. The van der Waals surface area contributed by atoms with E-state index in [1.807, 2.05) is 0 Å². The molecule has 0 aromatic carbocycles. The monoisotopic (exact) mass is 157 g/mol. The molecule has 0 unspecified atom stereocenters. The zero-order chi connectivity index (χ0) is 6.57. The maximum absolute atomic E-state index is 11.3. The van der Waals surface area contributed by atoms with Crippen LogP contribution in [0.3, 0.4) is 0 Å². The minimum absolute atomic E-state index is 0. The standard InChI is InChI=1S/C4H8FNO2.ClH/c5-2-1-3(6)4(7)8;/h3H,1-2,6H2,(H,7,8);1H/t3-;/m0./s1. The first kappa shape index (κ1) is 11.4. The van der Waals surface area contributed by atoms with Crippen LogP contribution < -0.4 is 5.73 Å². The molecule has 3 nitrogen and oxygen atoms in total. The van der Waals surface area contributed by atoms with Crippen molar-refractivity contribution in [3.8, 4) is 0 Å². The average molecular weight is 158 g/mol. The second kappa shape index (κ2) is 5.78. The lowest BCUT2D eigenvalue weighted by atomic mass is 10.2. The van der Waals surface area contributed by atoms with Crippen molar-refractivity contribution < 1.29 is 14.3 Å². The molecule has 0 saturated carbocycles. The average Bonchev–Trinajstić information content (AvgIpc) is 1.67. The number of hydrogen-bond donors (Lipinski definition) is 2. The Morgan fingerprint density at radius 2 is 2.22 bits per heavy atom. The largest absolute Gasteiger partial charge is 0.480 e. The number of aliphatic carboxylic acids is 1. The van der Waals surface area contributed by atoms with Gasteiger partial charge in [-0.05, 0) is 0 Å². The van der Waals surface area contributed by atoms with Crippen LogP contribution in [-0.4, -0.2) is 23.8 Å². The smallest absolute Gasteiger partial charge is 0.320 e. The lowest BCUT2D eigenvalue weighted by molar-refractivity contribution is -0.138. The number of rotatable bonds is 3. The summed E-state index contributed by atoms with van der Waals surface area (Å²) in [7, 11) is 0. The molecule has 0 heterocycles. The summed E-state index contributed by atoms with van der Waals surface area (Å²) >= 11 is 0. The van der Waals surface area contributed by atoms with E-state index < -0.39 is 18.7 Å². The van der Waals surface area contributed by atoms with Gasteiger partial charge in [0.15, 0.2) is 0 Å². The third-order valence-electron chi connectivity index (χ3n) is 0.737. The first-order chi connectivity index (χ1) is 3.68. The summed E-state index contributed by atoms with van der Waals surface area (Å²) in [5.74, 6) is -1.15. The molecule has 0 aliphatic carbocycles. The summed E-state index contributed by atoms with van der Waals surface area (Å²) in [4.78, 5) is 9.80. The molecule has 1 atom stereocenters. The number of halogens is 2. The maximum atomic E-state index is 11.3. The van der Waals surface area contributed by atoms with Gasteiger partial charge in [-0.25, -0.2) is 0 Å². The van der Waals surface area contributed by atoms with Gasteiger partial charge in [0, 0.05) is 6.42 Å². The molecule has 0 rings (SSSR count). The van der Waals surface area contributed by atoms with Crippen molar-refractivity contribution in [2.75, 3.05) is 6.67 Å². The van der Waals surface area contributed by atoms with Crippen molar-refractivity contribution in [1.82, 2.24) is 0 Å². The van der Waals surface area contributed by atoms with Crippen molar-refractivity contribution in [3.63, 3.8) is 0 Å². The van der Waals surface area contributed by atoms with Crippen molar-refractivity contribution in [2.45, 2.75) is 12.5 Å². The Morgan fingerprint density at radius 1 is 1.78 bits per heavy atom. The molecule has 0 aliphatic rings. The summed E-state index contributed by atoms with van der Waals surface area (Å²) in [6.07, 6.45) is -0.102. The summed E-state index contributed by atoms with van der Waals surface area (Å²) in [5.41, 5.74) is 4.89. The third-order valence-corrected chi connectivity index (χ3v) is 0.737. The highest BCUT2D eigenvalue weighted by Crippen LogP contribution is 1.86. The zero-order valence-corrected chi connectivity index (χ0v) is 5.53. The lowest BCUT2D eigenvalue weighted by Crippen LogP contribution is -2.30. The summed E-state index contributed by atoms with van der Waals surface area (Å²) in [6, 6.07) is -1.04. The number of carboxylic acid groups (broad SMARTS) is 1. The van der Waals surface area contributed by atoms with Gasteiger partial charge < -0.3 is 10.8 Å². The van der Waals surface area contributed by atoms with Gasteiger partial charge in [0.2, 0.25) is 0 Å². The molecule has 0 radical (unpaired) electrons. The normalized spacial score (nSPS) is 11.8. The van der Waals surface area contributed by atoms with Gasteiger partial charge in [0.05, 0.1) is 6.67 Å². The fraction of sp³-hybridized carbons (Fsp3) is 0.750. The number of nitrogens with two attached hydrogens (primary N) is 1. The molecular formula is C4H9ClFNO2. The first-order valence-corrected chi connectivity index (χ1v) is 2.23. The summed E-state index contributed by atoms with van der Waals surface area (Å²) < 4.78 is 11.3. The van der Waals surface area contributed by atoms with Gasteiger partial charge in [-0.15, -0.1) is 12.4 Å². The quantitative estimate of drug-likeness (QED) is 0.614. The molecule has 0 aromatic rings. The van der Waals surface area contributed by atoms with Gasteiger partial charge >= 0.3 is 5.97 Å². The van der Waals surface area contributed by atoms with Crippen LogP contribution in [0.15, 0.2) is 0 Å².